The molecule has 2 unspecified atom stereocenters. The molecule has 0 heterocycles. The van der Waals surface area contributed by atoms with E-state index < -0.39 is 0 Å². The summed E-state index contributed by atoms with van der Waals surface area (Å²) in [5, 5.41) is 9.76. The van der Waals surface area contributed by atoms with Crippen LogP contribution >= 0.6 is 0 Å². The predicted octanol–water partition coefficient (Wildman–Crippen LogP) is 6.43. The zero-order chi connectivity index (χ0) is 19.3. The summed E-state index contributed by atoms with van der Waals surface area (Å²) in [5.74, 6) is 2.02. The average Bonchev–Trinajstić information content (AvgIpc) is 2.74. The summed E-state index contributed by atoms with van der Waals surface area (Å²) >= 11 is 0. The first-order valence-corrected chi connectivity index (χ1v) is 10.4. The van der Waals surface area contributed by atoms with Crippen molar-refractivity contribution in [3.63, 3.8) is 0 Å². The Morgan fingerprint density at radius 1 is 0.929 bits per heavy atom. The van der Waals surface area contributed by atoms with Crippen molar-refractivity contribution in [3.8, 4) is 11.5 Å². The molecule has 3 aromatic rings. The molecule has 1 N–H and O–H groups in total. The van der Waals surface area contributed by atoms with Gasteiger partial charge in [0.1, 0.15) is 11.5 Å². The summed E-state index contributed by atoms with van der Waals surface area (Å²) in [6, 6.07) is 25.2. The van der Waals surface area contributed by atoms with Crippen LogP contribution < -0.4 is 4.74 Å². The summed E-state index contributed by atoms with van der Waals surface area (Å²) in [7, 11) is 0. The fraction of sp³-hybridized carbons (Fsp3) is 0.308. The number of fused-ring (bicyclic) bond motifs is 1. The first-order valence-electron chi connectivity index (χ1n) is 10.4. The second kappa shape index (κ2) is 8.52. The molecule has 0 saturated carbocycles. The highest BCUT2D eigenvalue weighted by Crippen LogP contribution is 2.47. The summed E-state index contributed by atoms with van der Waals surface area (Å²) in [5.41, 5.74) is 5.41. The molecule has 144 valence electrons. The van der Waals surface area contributed by atoms with Crippen LogP contribution in [0.2, 0.25) is 0 Å². The Morgan fingerprint density at radius 3 is 2.46 bits per heavy atom. The monoisotopic (exact) mass is 372 g/mol. The molecule has 0 aliphatic heterocycles. The van der Waals surface area contributed by atoms with Crippen molar-refractivity contribution in [2.75, 3.05) is 6.61 Å². The van der Waals surface area contributed by atoms with Gasteiger partial charge in [-0.05, 0) is 71.7 Å². The maximum Gasteiger partial charge on any atom is 0.119 e. The Balaban J connectivity index is 1.72. The molecule has 3 aromatic carbocycles. The molecule has 0 aromatic heterocycles. The molecule has 4 rings (SSSR count). The van der Waals surface area contributed by atoms with Gasteiger partial charge >= 0.3 is 0 Å². The highest BCUT2D eigenvalue weighted by molar-refractivity contribution is 5.48. The Morgan fingerprint density at radius 2 is 1.71 bits per heavy atom. The van der Waals surface area contributed by atoms with E-state index in [2.05, 4.69) is 67.6 Å². The normalized spacial score (nSPS) is 18.5. The van der Waals surface area contributed by atoms with Crippen LogP contribution in [0.25, 0.3) is 0 Å². The van der Waals surface area contributed by atoms with Crippen molar-refractivity contribution in [2.45, 2.75) is 44.4 Å². The van der Waals surface area contributed by atoms with Crippen LogP contribution in [0.1, 0.15) is 60.3 Å². The second-order valence-corrected chi connectivity index (χ2v) is 7.69. The molecule has 0 bridgehead atoms. The molecule has 1 aliphatic rings. The Kier molecular flexibility index (Phi) is 5.66. The minimum atomic E-state index is 0.288. The molecule has 2 atom stereocenters. The Bertz CT molecular complexity index is 899. The van der Waals surface area contributed by atoms with Crippen molar-refractivity contribution in [1.29, 1.82) is 0 Å². The lowest BCUT2D eigenvalue weighted by molar-refractivity contribution is 0.308. The van der Waals surface area contributed by atoms with Crippen LogP contribution in [-0.4, -0.2) is 11.7 Å². The molecular formula is C26H28O2. The van der Waals surface area contributed by atoms with Gasteiger partial charge in [-0.15, -0.1) is 0 Å². The number of aryl methyl sites for hydroxylation is 1. The molecule has 2 heteroatoms. The number of phenols is 1. The SMILES string of the molecule is CCCCOc1ccc2c(c1)CCC(c1ccccc1)C2c1ccc(O)cc1. The largest absolute Gasteiger partial charge is 0.508 e. The lowest BCUT2D eigenvalue weighted by atomic mass is 9.69. The summed E-state index contributed by atoms with van der Waals surface area (Å²) in [6.07, 6.45) is 4.41. The van der Waals surface area contributed by atoms with Gasteiger partial charge in [0, 0.05) is 5.92 Å². The van der Waals surface area contributed by atoms with Crippen LogP contribution in [0.5, 0.6) is 11.5 Å². The number of ether oxygens (including phenoxy) is 1. The molecule has 2 nitrogen and oxygen atoms in total. The number of hydrogen-bond donors (Lipinski definition) is 1. The van der Waals surface area contributed by atoms with Gasteiger partial charge in [0.05, 0.1) is 6.61 Å². The van der Waals surface area contributed by atoms with Crippen LogP contribution in [0.4, 0.5) is 0 Å². The molecule has 0 saturated heterocycles. The maximum atomic E-state index is 9.76. The maximum absolute atomic E-state index is 9.76. The summed E-state index contributed by atoms with van der Waals surface area (Å²) in [4.78, 5) is 0. The minimum Gasteiger partial charge on any atom is -0.508 e. The van der Waals surface area contributed by atoms with E-state index in [1.807, 2.05) is 0 Å². The minimum absolute atomic E-state index is 0.288. The van der Waals surface area contributed by atoms with E-state index in [0.29, 0.717) is 11.7 Å². The van der Waals surface area contributed by atoms with Crippen LogP contribution in [0, 0.1) is 0 Å². The fourth-order valence-electron chi connectivity index (χ4n) is 4.37. The number of hydrogen-bond acceptors (Lipinski definition) is 2. The molecule has 0 fully saturated rings. The number of phenolic OH excluding ortho intramolecular Hbond substituents is 1. The molecule has 0 amide bonds. The lowest BCUT2D eigenvalue weighted by Gasteiger charge is -2.35. The quantitative estimate of drug-likeness (QED) is 0.505. The van der Waals surface area contributed by atoms with E-state index in [4.69, 9.17) is 4.74 Å². The summed E-state index contributed by atoms with van der Waals surface area (Å²) < 4.78 is 5.95. The van der Waals surface area contributed by atoms with Crippen molar-refractivity contribution >= 4 is 0 Å². The fourth-order valence-corrected chi connectivity index (χ4v) is 4.37. The Hall–Kier alpha value is -2.74. The van der Waals surface area contributed by atoms with E-state index in [0.717, 1.165) is 38.0 Å². The van der Waals surface area contributed by atoms with Gasteiger partial charge < -0.3 is 9.84 Å². The van der Waals surface area contributed by atoms with Gasteiger partial charge in [0.2, 0.25) is 0 Å². The van der Waals surface area contributed by atoms with E-state index in [1.165, 1.54) is 22.3 Å². The average molecular weight is 373 g/mol. The zero-order valence-electron chi connectivity index (χ0n) is 16.5. The topological polar surface area (TPSA) is 29.5 Å². The van der Waals surface area contributed by atoms with Crippen LogP contribution in [-0.2, 0) is 6.42 Å². The van der Waals surface area contributed by atoms with E-state index in [9.17, 15) is 5.11 Å². The standard InChI is InChI=1S/C26H28O2/c1-2-3-17-28-23-14-16-25-21(18-23)11-15-24(19-7-5-4-6-8-19)26(25)20-9-12-22(27)13-10-20/h4-10,12-14,16,18,24,26-27H,2-3,11,15,17H2,1H3. The van der Waals surface area contributed by atoms with Crippen molar-refractivity contribution in [3.05, 3.63) is 95.1 Å². The molecular weight excluding hydrogens is 344 g/mol. The van der Waals surface area contributed by atoms with Crippen molar-refractivity contribution in [1.82, 2.24) is 0 Å². The first kappa shape index (κ1) is 18.6. The lowest BCUT2D eigenvalue weighted by Crippen LogP contribution is -2.20. The first-order chi connectivity index (χ1) is 13.8. The number of rotatable bonds is 6. The second-order valence-electron chi connectivity index (χ2n) is 7.69. The number of unbranched alkanes of at least 4 members (excludes halogenated alkanes) is 1. The van der Waals surface area contributed by atoms with Gasteiger partial charge in [0.15, 0.2) is 0 Å². The van der Waals surface area contributed by atoms with Gasteiger partial charge in [-0.3, -0.25) is 0 Å². The van der Waals surface area contributed by atoms with E-state index in [-0.39, 0.29) is 5.92 Å². The highest BCUT2D eigenvalue weighted by atomic mass is 16.5. The van der Waals surface area contributed by atoms with Crippen molar-refractivity contribution in [2.24, 2.45) is 0 Å². The van der Waals surface area contributed by atoms with Gasteiger partial charge in [-0.1, -0.05) is 61.9 Å². The third kappa shape index (κ3) is 3.91. The number of aromatic hydroxyl groups is 1. The Labute approximate surface area is 167 Å². The van der Waals surface area contributed by atoms with E-state index >= 15 is 0 Å². The van der Waals surface area contributed by atoms with Crippen LogP contribution in [0.15, 0.2) is 72.8 Å². The molecule has 28 heavy (non-hydrogen) atoms. The third-order valence-corrected chi connectivity index (χ3v) is 5.82. The third-order valence-electron chi connectivity index (χ3n) is 5.82. The van der Waals surface area contributed by atoms with Crippen molar-refractivity contribution < 1.29 is 9.84 Å². The molecule has 0 radical (unpaired) electrons. The van der Waals surface area contributed by atoms with Gasteiger partial charge in [0.25, 0.3) is 0 Å². The van der Waals surface area contributed by atoms with E-state index in [1.54, 1.807) is 12.1 Å². The van der Waals surface area contributed by atoms with Gasteiger partial charge in [-0.25, -0.2) is 0 Å². The van der Waals surface area contributed by atoms with Crippen LogP contribution in [0.3, 0.4) is 0 Å². The predicted molar refractivity (Wildman–Crippen MR) is 114 cm³/mol. The zero-order valence-corrected chi connectivity index (χ0v) is 16.5. The highest BCUT2D eigenvalue weighted by Gasteiger charge is 2.32. The molecule has 1 aliphatic carbocycles. The van der Waals surface area contributed by atoms with Gasteiger partial charge in [-0.2, -0.15) is 0 Å². The number of benzene rings is 3. The smallest absolute Gasteiger partial charge is 0.119 e. The summed E-state index contributed by atoms with van der Waals surface area (Å²) in [6.45, 7) is 2.96. The molecule has 0 spiro atoms.